The van der Waals surface area contributed by atoms with Crippen molar-refractivity contribution in [3.8, 4) is 40.2 Å². The second-order valence-corrected chi connectivity index (χ2v) is 36.0. The van der Waals surface area contributed by atoms with E-state index in [1.54, 1.807) is 44.4 Å². The molecule has 1 N–H and O–H groups in total. The summed E-state index contributed by atoms with van der Waals surface area (Å²) in [7, 11) is 4.36. The van der Waals surface area contributed by atoms with E-state index >= 15 is 0 Å². The molecule has 13 aromatic heterocycles. The predicted octanol–water partition coefficient (Wildman–Crippen LogP) is 17.4. The van der Waals surface area contributed by atoms with Crippen LogP contribution < -0.4 is 28.9 Å². The third kappa shape index (κ3) is 34.2. The van der Waals surface area contributed by atoms with E-state index in [1.807, 2.05) is 228 Å². The first kappa shape index (κ1) is 116. The van der Waals surface area contributed by atoms with Gasteiger partial charge in [-0.1, -0.05) is 213 Å². The minimum absolute atomic E-state index is 0. The van der Waals surface area contributed by atoms with Gasteiger partial charge >= 0.3 is 43.2 Å². The van der Waals surface area contributed by atoms with Crippen molar-refractivity contribution in [2.75, 3.05) is 21.3 Å². The first-order valence-corrected chi connectivity index (χ1v) is 48.9. The quantitative estimate of drug-likeness (QED) is 0.00639. The van der Waals surface area contributed by atoms with Gasteiger partial charge in [0, 0.05) is 35.7 Å². The number of fused-ring (bicyclic) bond motifs is 4. The predicted molar refractivity (Wildman–Crippen MR) is 572 cm³/mol. The molecule has 0 bridgehead atoms. The Morgan fingerprint density at radius 3 is 1.20 bits per heavy atom. The van der Waals surface area contributed by atoms with Crippen LogP contribution in [0.15, 0.2) is 228 Å². The van der Waals surface area contributed by atoms with Crippen molar-refractivity contribution >= 4 is 117 Å². The minimum Gasteiger partial charge on any atom is -1.00 e. The number of nitrogens with zero attached hydrogens (tertiary/aromatic N) is 25. The molecule has 0 saturated carbocycles. The van der Waals surface area contributed by atoms with Crippen LogP contribution in [0.5, 0.6) is 17.6 Å². The standard InChI is InChI=1S/2C23H25N5O.C14H13BrN4.C14H14N4.C11H11N3O2.C9H13BNO3.C8H15N2.C3H4O2.BF3.BNS.FH/c2*1-14(2)19-12-11-18(23(25-19)29-5)20-15(3)24-22-21(26-20)16(4)27-28(22)13-17-9-7-6-8-10-17;1-9-12-14(16-10(2)13(15)17-12)19(18-9)8-11-6-4-3-5-7-11;1-10-8-15-13-11(2)17-18(14(13)16-10)9-12-6-4-3-5-7-12;1-9-11(14(15)16)8-13(12-9)7-10-5-3-2-4-6-10;1-6(2)8-5-4-7(10-14-12)9(11-8)13-3;1-3-4-5-10-7-6-9(2)8-10;1-3(5)2-4;2-1(3)4;1-2-3-1;/h2*6-12,14H,13H2,1-5H3;3-7H,8H2,1-2H3;3-8H,9H2,1-2H3;2-6,8H,7H2,1H3;4-6,12H,1-3H3;6-8H,3-5H2,1-2H3;2H,1H3;;;1H/q;;;;;;+1;;;;/p-1. The number of imidazole rings is 1. The number of nitro groups is 1. The molecule has 148 heavy (non-hydrogen) atoms. The molecular formula is C105H120B3BrF4N25O9S. The number of pyridine rings is 3. The van der Waals surface area contributed by atoms with Crippen LogP contribution in [0.4, 0.5) is 18.6 Å². The van der Waals surface area contributed by atoms with Crippen LogP contribution in [0.25, 0.3) is 67.2 Å². The first-order chi connectivity index (χ1) is 70.5. The molecule has 18 aromatic rings. The van der Waals surface area contributed by atoms with Gasteiger partial charge in [0.05, 0.1) is 141 Å². The number of aryl methyl sites for hydroxylation is 11. The molecular weight excluding hydrogens is 1980 g/mol. The van der Waals surface area contributed by atoms with E-state index in [4.69, 9.17) is 44.2 Å². The van der Waals surface area contributed by atoms with Gasteiger partial charge in [0.2, 0.25) is 24.0 Å². The Labute approximate surface area is 871 Å². The van der Waals surface area contributed by atoms with Crippen molar-refractivity contribution in [3.63, 3.8) is 0 Å². The maximum absolute atomic E-state index is 10.6. The van der Waals surface area contributed by atoms with Crippen LogP contribution in [-0.2, 0) is 60.7 Å². The van der Waals surface area contributed by atoms with Crippen LogP contribution in [0.2, 0.25) is 0 Å². The number of carbonyl (C=O) groups is 2. The van der Waals surface area contributed by atoms with Gasteiger partial charge in [0.25, 0.3) is 0 Å². The van der Waals surface area contributed by atoms with E-state index in [2.05, 4.69) is 196 Å². The van der Waals surface area contributed by atoms with E-state index < -0.39 is 18.3 Å². The minimum atomic E-state index is -3.67. The number of benzene rings is 5. The van der Waals surface area contributed by atoms with Gasteiger partial charge in [0.1, 0.15) is 51.0 Å². The number of aromatic nitrogens is 23. The number of halogens is 5. The monoisotopic (exact) mass is 2090 g/mol. The summed E-state index contributed by atoms with van der Waals surface area (Å²) in [5.74, 6) is 2.16. The van der Waals surface area contributed by atoms with E-state index in [0.29, 0.717) is 72.7 Å². The second-order valence-electron chi connectivity index (χ2n) is 34.6. The molecule has 1 radical (unpaired) electrons. The Balaban J connectivity index is 0.000000192. The number of Topliss-reactive ketones (excluding diaryl/α,β-unsaturated/α-hetero) is 1. The maximum atomic E-state index is 10.6. The fourth-order valence-electron chi connectivity index (χ4n) is 14.6. The van der Waals surface area contributed by atoms with Gasteiger partial charge in [-0.15, -0.1) is 0 Å². The number of rotatable bonds is 25. The Morgan fingerprint density at radius 1 is 0.514 bits per heavy atom. The normalized spacial score (nSPS) is 10.7. The largest absolute Gasteiger partial charge is 1.00 e. The first-order valence-electron chi connectivity index (χ1n) is 47.2. The number of unbranched alkanes of at least 4 members (excludes halogenated alkanes) is 1. The summed E-state index contributed by atoms with van der Waals surface area (Å²) in [6.07, 6.45) is 14.1. The third-order valence-electron chi connectivity index (χ3n) is 22.0. The zero-order valence-electron chi connectivity index (χ0n) is 86.7. The Bertz CT molecular complexity index is 7190. The van der Waals surface area contributed by atoms with Crippen LogP contribution in [0.3, 0.4) is 0 Å². The molecule has 43 heteroatoms. The molecule has 0 unspecified atom stereocenters. The van der Waals surface area contributed by atoms with Crippen LogP contribution in [0, 0.1) is 72.4 Å². The van der Waals surface area contributed by atoms with E-state index in [9.17, 15) is 27.9 Å². The molecule has 1 aliphatic heterocycles. The zero-order valence-corrected chi connectivity index (χ0v) is 89.1. The summed E-state index contributed by atoms with van der Waals surface area (Å²) in [5, 5.41) is 41.4. The number of hydrogen-bond donors (Lipinski definition) is 1. The molecule has 0 amide bonds. The van der Waals surface area contributed by atoms with Crippen molar-refractivity contribution in [2.45, 2.75) is 188 Å². The average Bonchev–Trinajstić information content (AvgIpc) is 1.59. The molecule has 5 aromatic carbocycles. The topological polar surface area (TPSA) is 386 Å². The average molecular weight is 2100 g/mol. The van der Waals surface area contributed by atoms with Crippen LogP contribution in [0.1, 0.15) is 182 Å². The van der Waals surface area contributed by atoms with E-state index in [0.717, 1.165) is 153 Å². The molecule has 1 aliphatic rings. The van der Waals surface area contributed by atoms with Crippen molar-refractivity contribution in [1.82, 2.24) is 108 Å². The number of hydrogen-bond acceptors (Lipinski definition) is 27. The fraction of sp³-hybridized carbons (Fsp3) is 0.305. The summed E-state index contributed by atoms with van der Waals surface area (Å²) >= 11 is 4.92. The molecule has 0 aliphatic carbocycles. The number of methoxy groups -OCH3 is 3. The summed E-state index contributed by atoms with van der Waals surface area (Å²) in [5.41, 5.74) is 26.7. The van der Waals surface area contributed by atoms with Crippen LogP contribution >= 0.6 is 27.7 Å². The van der Waals surface area contributed by atoms with Crippen molar-refractivity contribution < 1.29 is 61.0 Å². The summed E-state index contributed by atoms with van der Waals surface area (Å²) in [6.45, 7) is 37.7. The Hall–Kier alpha value is -15.2. The molecule has 14 heterocycles. The molecule has 0 spiro atoms. The van der Waals surface area contributed by atoms with Gasteiger partial charge < -0.3 is 23.7 Å². The molecule has 19 rings (SSSR count). The maximum Gasteiger partial charge on any atom is 0.762 e. The molecule has 769 valence electrons. The Morgan fingerprint density at radius 2 is 0.865 bits per heavy atom. The number of carbonyl (C=O) groups excluding carboxylic acids is 2. The van der Waals surface area contributed by atoms with Crippen molar-refractivity contribution in [1.29, 1.82) is 0 Å². The van der Waals surface area contributed by atoms with Gasteiger partial charge in [-0.25, -0.2) is 82.7 Å². The second kappa shape index (κ2) is 57.6. The van der Waals surface area contributed by atoms with E-state index in [-0.39, 0.29) is 16.7 Å². The summed E-state index contributed by atoms with van der Waals surface area (Å²) in [4.78, 5) is 83.9. The number of ketones is 1. The van der Waals surface area contributed by atoms with Gasteiger partial charge in [-0.05, 0) is 161 Å². The Kier molecular flexibility index (Phi) is 45.3. The van der Waals surface area contributed by atoms with Gasteiger partial charge in [0.15, 0.2) is 34.7 Å². The number of aldehydes is 1. The van der Waals surface area contributed by atoms with E-state index in [1.165, 1.54) is 74.6 Å². The molecule has 34 nitrogen and oxygen atoms in total. The van der Waals surface area contributed by atoms with Gasteiger partial charge in [-0.3, -0.25) is 42.6 Å². The third-order valence-corrected chi connectivity index (χ3v) is 23.0. The summed E-state index contributed by atoms with van der Waals surface area (Å²) in [6, 6.07) is 62.5. The fourth-order valence-corrected chi connectivity index (χ4v) is 14.8. The zero-order chi connectivity index (χ0) is 107. The van der Waals surface area contributed by atoms with Gasteiger partial charge in [-0.2, -0.15) is 25.5 Å². The van der Waals surface area contributed by atoms with Crippen molar-refractivity contribution in [2.24, 2.45) is 11.3 Å². The molecule has 0 saturated heterocycles. The summed E-state index contributed by atoms with van der Waals surface area (Å²) < 4.78 is 63.0. The smallest absolute Gasteiger partial charge is 0.762 e. The van der Waals surface area contributed by atoms with Crippen molar-refractivity contribution in [3.05, 3.63) is 330 Å². The molecule has 0 fully saturated rings. The van der Waals surface area contributed by atoms with Crippen LogP contribution in [-0.4, -0.2) is 173 Å². The SMILES string of the molecule is B1=NS1.CC(=O)C=O.CCCCn1cc[n+](C)c1.COc1nc(C(C)C)ccc1-c1nc2c(C)nn(Cc3ccccc3)c2nc1C.COc1nc(C(C)C)ccc1-c1nc2c(C)nn(Cc3ccccc3)c2nc1C.COc1nc(C(C)C)ccc1[B]OO.Cc1cnc2c(C)nn(Cc3ccccc3)c2n1.Cc1nc2c(nc1Br)c(C)nn2Cc1ccccc1.Cc1nn(Cc2ccccc2)cc1[N+](=O)[O-].FB(F)F.[F-]. The number of ether oxygens (including phenoxy) is 3. The molecule has 0 atom stereocenters.